The molecular weight excluding hydrogens is 112 g/mol. The predicted octanol–water partition coefficient (Wildman–Crippen LogP) is 0.668. The van der Waals surface area contributed by atoms with E-state index >= 15 is 0 Å². The fourth-order valence-corrected chi connectivity index (χ4v) is 1.56. The quantitative estimate of drug-likeness (QED) is 0.471. The van der Waals surface area contributed by atoms with E-state index in [9.17, 15) is 0 Å². The van der Waals surface area contributed by atoms with Gasteiger partial charge in [0.1, 0.15) is 0 Å². The molecule has 2 heteroatoms. The topological polar surface area (TPSA) is 52.0 Å². The van der Waals surface area contributed by atoms with Crippen molar-refractivity contribution in [3.05, 3.63) is 0 Å². The Morgan fingerprint density at radius 3 is 1.11 bits per heavy atom. The Labute approximate surface area is 56.6 Å². The van der Waals surface area contributed by atoms with Crippen LogP contribution in [0, 0.1) is 11.8 Å². The summed E-state index contributed by atoms with van der Waals surface area (Å²) in [6.45, 7) is 0.250. The third kappa shape index (κ3) is 1.43. The van der Waals surface area contributed by atoms with Crippen molar-refractivity contribution in [1.29, 1.82) is 0 Å². The lowest BCUT2D eigenvalue weighted by Gasteiger charge is -2.46. The smallest absolute Gasteiger partial charge is 0.0403 e. The van der Waals surface area contributed by atoms with Gasteiger partial charge in [-0.2, -0.15) is 0 Å². The molecule has 4 N–H and O–H groups in total. The molecule has 0 aromatic carbocycles. The van der Waals surface area contributed by atoms with Gasteiger partial charge in [0.05, 0.1) is 0 Å². The molecule has 2 rings (SSSR count). The van der Waals surface area contributed by atoms with Crippen LogP contribution in [0.4, 0.5) is 0 Å². The van der Waals surface area contributed by atoms with E-state index in [1.165, 1.54) is 11.8 Å². The van der Waals surface area contributed by atoms with Gasteiger partial charge in [-0.15, -0.1) is 0 Å². The molecular formula is C7H16N2. The van der Waals surface area contributed by atoms with Gasteiger partial charge in [0.25, 0.3) is 0 Å². The average molecular weight is 128 g/mol. The maximum atomic E-state index is 4.62. The van der Waals surface area contributed by atoms with E-state index in [1.807, 2.05) is 0 Å². The SMILES string of the molecule is C1CC2CCC12.NCN. The molecule has 0 bridgehead atoms. The third-order valence-corrected chi connectivity index (χ3v) is 2.48. The number of rotatable bonds is 0. The zero-order valence-corrected chi connectivity index (χ0v) is 5.84. The van der Waals surface area contributed by atoms with Crippen molar-refractivity contribution in [2.24, 2.45) is 23.3 Å². The molecule has 2 aliphatic rings. The van der Waals surface area contributed by atoms with Crippen LogP contribution in [-0.4, -0.2) is 6.67 Å². The van der Waals surface area contributed by atoms with Crippen molar-refractivity contribution in [2.45, 2.75) is 25.7 Å². The van der Waals surface area contributed by atoms with Crippen molar-refractivity contribution in [3.63, 3.8) is 0 Å². The van der Waals surface area contributed by atoms with Crippen molar-refractivity contribution in [1.82, 2.24) is 0 Å². The van der Waals surface area contributed by atoms with Gasteiger partial charge in [0.2, 0.25) is 0 Å². The van der Waals surface area contributed by atoms with Gasteiger partial charge in [-0.3, -0.25) is 0 Å². The normalized spacial score (nSPS) is 36.7. The summed E-state index contributed by atoms with van der Waals surface area (Å²) in [6.07, 6.45) is 6.24. The molecule has 2 fully saturated rings. The fourth-order valence-electron chi connectivity index (χ4n) is 1.56. The highest BCUT2D eigenvalue weighted by Gasteiger charge is 2.37. The van der Waals surface area contributed by atoms with E-state index < -0.39 is 0 Å². The minimum Gasteiger partial charge on any atom is -0.319 e. The first-order valence-electron chi connectivity index (χ1n) is 3.78. The van der Waals surface area contributed by atoms with E-state index in [1.54, 1.807) is 25.7 Å². The zero-order chi connectivity index (χ0) is 6.69. The van der Waals surface area contributed by atoms with Gasteiger partial charge in [-0.05, 0) is 37.5 Å². The maximum Gasteiger partial charge on any atom is 0.0403 e. The number of hydrogen-bond donors (Lipinski definition) is 2. The first-order chi connectivity index (χ1) is 4.38. The Morgan fingerprint density at radius 2 is 1.11 bits per heavy atom. The second-order valence-electron chi connectivity index (χ2n) is 2.91. The summed E-state index contributed by atoms with van der Waals surface area (Å²) in [5.74, 6) is 2.43. The Bertz CT molecular complexity index is 65.0. The van der Waals surface area contributed by atoms with Crippen LogP contribution >= 0.6 is 0 Å². The van der Waals surface area contributed by atoms with Crippen molar-refractivity contribution >= 4 is 0 Å². The van der Waals surface area contributed by atoms with Gasteiger partial charge in [-0.25, -0.2) is 0 Å². The van der Waals surface area contributed by atoms with E-state index in [2.05, 4.69) is 11.5 Å². The van der Waals surface area contributed by atoms with Crippen LogP contribution in [0.15, 0.2) is 0 Å². The molecule has 2 saturated carbocycles. The number of hydrogen-bond acceptors (Lipinski definition) is 2. The zero-order valence-electron chi connectivity index (χ0n) is 5.84. The van der Waals surface area contributed by atoms with Gasteiger partial charge in [-0.1, -0.05) is 0 Å². The van der Waals surface area contributed by atoms with Crippen LogP contribution in [0.2, 0.25) is 0 Å². The van der Waals surface area contributed by atoms with Gasteiger partial charge < -0.3 is 11.5 Å². The summed E-state index contributed by atoms with van der Waals surface area (Å²) in [7, 11) is 0. The Hall–Kier alpha value is -0.0800. The van der Waals surface area contributed by atoms with E-state index in [0.29, 0.717) is 0 Å². The summed E-state index contributed by atoms with van der Waals surface area (Å²) in [6, 6.07) is 0. The molecule has 0 saturated heterocycles. The largest absolute Gasteiger partial charge is 0.319 e. The molecule has 0 spiro atoms. The molecule has 0 atom stereocenters. The first-order valence-corrected chi connectivity index (χ1v) is 3.78. The molecule has 0 unspecified atom stereocenters. The lowest BCUT2D eigenvalue weighted by Crippen LogP contribution is -2.34. The number of fused-ring (bicyclic) bond motifs is 1. The molecule has 0 radical (unpaired) electrons. The van der Waals surface area contributed by atoms with Crippen LogP contribution < -0.4 is 11.5 Å². The summed E-state index contributed by atoms with van der Waals surface area (Å²) in [5.41, 5.74) is 9.25. The average Bonchev–Trinajstić information content (AvgIpc) is 1.81. The van der Waals surface area contributed by atoms with E-state index in [0.717, 1.165) is 0 Å². The Balaban J connectivity index is 0.000000120. The molecule has 0 aromatic rings. The number of nitrogens with two attached hydrogens (primary N) is 2. The third-order valence-electron chi connectivity index (χ3n) is 2.48. The molecule has 0 aliphatic heterocycles. The lowest BCUT2D eigenvalue weighted by atomic mass is 9.60. The minimum absolute atomic E-state index is 0.250. The summed E-state index contributed by atoms with van der Waals surface area (Å²) >= 11 is 0. The van der Waals surface area contributed by atoms with Crippen molar-refractivity contribution in [3.8, 4) is 0 Å². The minimum atomic E-state index is 0.250. The van der Waals surface area contributed by atoms with Crippen LogP contribution in [-0.2, 0) is 0 Å². The Kier molecular flexibility index (Phi) is 2.49. The highest BCUT2D eigenvalue weighted by molar-refractivity contribution is 4.89. The molecule has 0 heterocycles. The summed E-state index contributed by atoms with van der Waals surface area (Å²) < 4.78 is 0. The van der Waals surface area contributed by atoms with Crippen LogP contribution in [0.3, 0.4) is 0 Å². The molecule has 2 aliphatic carbocycles. The highest BCUT2D eigenvalue weighted by atomic mass is 14.7. The standard InChI is InChI=1S/C6H10.CH6N2/c1-2-6-4-3-5(1)6;2-1-3/h5-6H,1-4H2;1-3H2. The molecule has 9 heavy (non-hydrogen) atoms. The van der Waals surface area contributed by atoms with Crippen molar-refractivity contribution < 1.29 is 0 Å². The summed E-state index contributed by atoms with van der Waals surface area (Å²) in [5, 5.41) is 0. The van der Waals surface area contributed by atoms with E-state index in [4.69, 9.17) is 0 Å². The molecule has 0 amide bonds. The van der Waals surface area contributed by atoms with Gasteiger partial charge in [0, 0.05) is 6.67 Å². The monoisotopic (exact) mass is 128 g/mol. The lowest BCUT2D eigenvalue weighted by molar-refractivity contribution is 0.0548. The van der Waals surface area contributed by atoms with Crippen LogP contribution in [0.5, 0.6) is 0 Å². The second kappa shape index (κ2) is 3.18. The van der Waals surface area contributed by atoms with Crippen LogP contribution in [0.1, 0.15) is 25.7 Å². The second-order valence-corrected chi connectivity index (χ2v) is 2.91. The fraction of sp³-hybridized carbons (Fsp3) is 1.00. The van der Waals surface area contributed by atoms with Gasteiger partial charge >= 0.3 is 0 Å². The first kappa shape index (κ1) is 7.03. The summed E-state index contributed by atoms with van der Waals surface area (Å²) in [4.78, 5) is 0. The Morgan fingerprint density at radius 1 is 0.889 bits per heavy atom. The van der Waals surface area contributed by atoms with Crippen molar-refractivity contribution in [2.75, 3.05) is 6.67 Å². The highest BCUT2D eigenvalue weighted by Crippen LogP contribution is 2.49. The van der Waals surface area contributed by atoms with Crippen LogP contribution in [0.25, 0.3) is 0 Å². The molecule has 2 nitrogen and oxygen atoms in total. The predicted molar refractivity (Wildman–Crippen MR) is 38.7 cm³/mol. The van der Waals surface area contributed by atoms with E-state index in [-0.39, 0.29) is 6.67 Å². The van der Waals surface area contributed by atoms with Gasteiger partial charge in [0.15, 0.2) is 0 Å². The molecule has 0 aromatic heterocycles. The maximum absolute atomic E-state index is 4.62. The molecule has 54 valence electrons.